The second kappa shape index (κ2) is 9.82. The van der Waals surface area contributed by atoms with Crippen LogP contribution in [0.2, 0.25) is 0 Å². The zero-order valence-corrected chi connectivity index (χ0v) is 16.9. The van der Waals surface area contributed by atoms with Crippen molar-refractivity contribution < 1.29 is 9.18 Å². The Balaban J connectivity index is 1.58. The third-order valence-electron chi connectivity index (χ3n) is 5.58. The summed E-state index contributed by atoms with van der Waals surface area (Å²) in [5, 5.41) is 6.77. The molecule has 5 nitrogen and oxygen atoms in total. The van der Waals surface area contributed by atoms with Crippen LogP contribution in [0.1, 0.15) is 44.2 Å². The molecule has 2 heterocycles. The van der Waals surface area contributed by atoms with Crippen LogP contribution in [0.3, 0.4) is 0 Å². The van der Waals surface area contributed by atoms with E-state index in [-0.39, 0.29) is 11.7 Å². The summed E-state index contributed by atoms with van der Waals surface area (Å²) in [4.78, 5) is 17.3. The molecule has 0 aliphatic carbocycles. The van der Waals surface area contributed by atoms with Crippen molar-refractivity contribution in [2.75, 3.05) is 19.6 Å². The highest BCUT2D eigenvalue weighted by molar-refractivity contribution is 5.76. The molecule has 1 aromatic heterocycles. The number of halogens is 1. The summed E-state index contributed by atoms with van der Waals surface area (Å²) in [6.45, 7) is 7.77. The van der Waals surface area contributed by atoms with Crippen LogP contribution in [-0.2, 0) is 17.8 Å². The molecule has 28 heavy (non-hydrogen) atoms. The molecule has 1 aliphatic rings. The molecule has 0 radical (unpaired) electrons. The van der Waals surface area contributed by atoms with Crippen molar-refractivity contribution >= 4 is 5.91 Å². The molecule has 1 aromatic carbocycles. The van der Waals surface area contributed by atoms with Crippen LogP contribution in [0.4, 0.5) is 4.39 Å². The van der Waals surface area contributed by atoms with Crippen molar-refractivity contribution in [3.05, 3.63) is 53.6 Å². The monoisotopic (exact) mass is 386 g/mol. The van der Waals surface area contributed by atoms with Gasteiger partial charge in [0.2, 0.25) is 5.91 Å². The molecule has 6 heteroatoms. The Hall–Kier alpha value is -2.21. The normalized spacial score (nSPS) is 18.4. The highest BCUT2D eigenvalue weighted by Crippen LogP contribution is 2.21. The van der Waals surface area contributed by atoms with Crippen molar-refractivity contribution in [2.24, 2.45) is 5.92 Å². The lowest BCUT2D eigenvalue weighted by Gasteiger charge is -2.34. The Bertz CT molecular complexity index is 730. The van der Waals surface area contributed by atoms with Crippen LogP contribution in [-0.4, -0.2) is 51.6 Å². The fourth-order valence-corrected chi connectivity index (χ4v) is 3.96. The Labute approximate surface area is 166 Å². The molecule has 0 bridgehead atoms. The second-order valence-electron chi connectivity index (χ2n) is 8.06. The number of aromatic amines is 1. The van der Waals surface area contributed by atoms with Crippen LogP contribution in [0.25, 0.3) is 0 Å². The van der Waals surface area contributed by atoms with Gasteiger partial charge in [0.1, 0.15) is 5.82 Å². The Morgan fingerprint density at radius 3 is 2.71 bits per heavy atom. The van der Waals surface area contributed by atoms with Gasteiger partial charge in [0, 0.05) is 44.8 Å². The number of hydrogen-bond acceptors (Lipinski definition) is 3. The molecule has 1 amide bonds. The largest absolute Gasteiger partial charge is 0.341 e. The number of nitrogens with zero attached hydrogens (tertiary/aromatic N) is 3. The van der Waals surface area contributed by atoms with Gasteiger partial charge in [-0.1, -0.05) is 26.0 Å². The van der Waals surface area contributed by atoms with E-state index in [1.54, 1.807) is 0 Å². The summed E-state index contributed by atoms with van der Waals surface area (Å²) in [5.74, 6) is 0.491. The third kappa shape index (κ3) is 5.64. The Morgan fingerprint density at radius 2 is 2.04 bits per heavy atom. The van der Waals surface area contributed by atoms with Crippen LogP contribution in [0.15, 0.2) is 36.7 Å². The van der Waals surface area contributed by atoms with Crippen LogP contribution >= 0.6 is 0 Å². The Morgan fingerprint density at radius 1 is 1.25 bits per heavy atom. The predicted octanol–water partition coefficient (Wildman–Crippen LogP) is 3.63. The van der Waals surface area contributed by atoms with E-state index in [4.69, 9.17) is 0 Å². The highest BCUT2D eigenvalue weighted by atomic mass is 19.1. The highest BCUT2D eigenvalue weighted by Gasteiger charge is 2.29. The van der Waals surface area contributed by atoms with Gasteiger partial charge in [-0.15, -0.1) is 0 Å². The topological polar surface area (TPSA) is 52.2 Å². The molecular weight excluding hydrogens is 355 g/mol. The van der Waals surface area contributed by atoms with Crippen LogP contribution < -0.4 is 0 Å². The van der Waals surface area contributed by atoms with Crippen molar-refractivity contribution in [2.45, 2.75) is 52.1 Å². The lowest BCUT2D eigenvalue weighted by Crippen LogP contribution is -2.45. The summed E-state index contributed by atoms with van der Waals surface area (Å²) in [6, 6.07) is 7.07. The van der Waals surface area contributed by atoms with E-state index in [0.717, 1.165) is 56.6 Å². The van der Waals surface area contributed by atoms with Gasteiger partial charge in [-0.3, -0.25) is 14.8 Å². The third-order valence-corrected chi connectivity index (χ3v) is 5.58. The van der Waals surface area contributed by atoms with Crippen LogP contribution in [0, 0.1) is 11.7 Å². The van der Waals surface area contributed by atoms with Crippen molar-refractivity contribution in [3.63, 3.8) is 0 Å². The summed E-state index contributed by atoms with van der Waals surface area (Å²) < 4.78 is 13.2. The molecule has 0 spiro atoms. The van der Waals surface area contributed by atoms with Gasteiger partial charge in [-0.25, -0.2) is 4.39 Å². The number of aryl methyl sites for hydroxylation is 1. The molecule has 3 rings (SSSR count). The van der Waals surface area contributed by atoms with Crippen molar-refractivity contribution in [1.29, 1.82) is 0 Å². The molecular formula is C22H31FN4O. The average molecular weight is 387 g/mol. The first kappa shape index (κ1) is 20.5. The first-order chi connectivity index (χ1) is 13.5. The number of aromatic nitrogens is 2. The maximum atomic E-state index is 13.2. The van der Waals surface area contributed by atoms with Gasteiger partial charge in [0.05, 0.1) is 6.20 Å². The molecule has 1 N–H and O–H groups in total. The zero-order valence-electron chi connectivity index (χ0n) is 16.9. The number of carbonyl (C=O) groups excluding carboxylic acids is 1. The SMILES string of the molecule is CC(C)[C@H]1CN(C(=O)CCCc2cn[nH]c2)CCCN1Cc1ccc(F)cc1. The number of rotatable bonds is 7. The number of hydrogen-bond donors (Lipinski definition) is 1. The summed E-state index contributed by atoms with van der Waals surface area (Å²) >= 11 is 0. The van der Waals surface area contributed by atoms with Gasteiger partial charge in [0.15, 0.2) is 0 Å². The summed E-state index contributed by atoms with van der Waals surface area (Å²) in [7, 11) is 0. The standard InChI is InChI=1S/C22H31FN4O/c1-17(2)21-16-27(22(28)6-3-5-19-13-24-25-14-19)12-4-11-26(21)15-18-7-9-20(23)10-8-18/h7-10,13-14,17,21H,3-6,11-12,15-16H2,1-2H3,(H,24,25)/t21-/m1/s1. The minimum absolute atomic E-state index is 0.202. The molecule has 1 fully saturated rings. The molecule has 0 unspecified atom stereocenters. The molecule has 152 valence electrons. The van der Waals surface area contributed by atoms with E-state index in [2.05, 4.69) is 28.9 Å². The minimum Gasteiger partial charge on any atom is -0.341 e. The fourth-order valence-electron chi connectivity index (χ4n) is 3.96. The van der Waals surface area contributed by atoms with E-state index >= 15 is 0 Å². The Kier molecular flexibility index (Phi) is 7.20. The van der Waals surface area contributed by atoms with Crippen molar-refractivity contribution in [3.8, 4) is 0 Å². The molecule has 1 aliphatic heterocycles. The number of benzene rings is 1. The number of amides is 1. The average Bonchev–Trinajstić information content (AvgIpc) is 3.09. The maximum absolute atomic E-state index is 13.2. The summed E-state index contributed by atoms with van der Waals surface area (Å²) in [6.07, 6.45) is 6.98. The van der Waals surface area contributed by atoms with E-state index in [0.29, 0.717) is 18.4 Å². The fraction of sp³-hybridized carbons (Fsp3) is 0.545. The van der Waals surface area contributed by atoms with Crippen LogP contribution in [0.5, 0.6) is 0 Å². The predicted molar refractivity (Wildman–Crippen MR) is 108 cm³/mol. The van der Waals surface area contributed by atoms with E-state index in [1.165, 1.54) is 12.1 Å². The second-order valence-corrected chi connectivity index (χ2v) is 8.06. The molecule has 1 saturated heterocycles. The van der Waals surface area contributed by atoms with Gasteiger partial charge in [-0.05, 0) is 48.4 Å². The van der Waals surface area contributed by atoms with Crippen molar-refractivity contribution in [1.82, 2.24) is 20.0 Å². The lowest BCUT2D eigenvalue weighted by atomic mass is 10.0. The van der Waals surface area contributed by atoms with Gasteiger partial charge >= 0.3 is 0 Å². The van der Waals surface area contributed by atoms with Gasteiger partial charge < -0.3 is 4.90 Å². The van der Waals surface area contributed by atoms with Gasteiger partial charge in [0.25, 0.3) is 0 Å². The first-order valence-corrected chi connectivity index (χ1v) is 10.3. The molecule has 2 aromatic rings. The maximum Gasteiger partial charge on any atom is 0.222 e. The lowest BCUT2D eigenvalue weighted by molar-refractivity contribution is -0.131. The number of nitrogens with one attached hydrogen (secondary N) is 1. The quantitative estimate of drug-likeness (QED) is 0.791. The smallest absolute Gasteiger partial charge is 0.222 e. The molecule has 1 atom stereocenters. The first-order valence-electron chi connectivity index (χ1n) is 10.3. The van der Waals surface area contributed by atoms with E-state index in [1.807, 2.05) is 29.4 Å². The summed E-state index contributed by atoms with van der Waals surface area (Å²) in [5.41, 5.74) is 2.26. The minimum atomic E-state index is -0.202. The number of carbonyl (C=O) groups is 1. The van der Waals surface area contributed by atoms with Gasteiger partial charge in [-0.2, -0.15) is 5.10 Å². The molecule has 0 saturated carbocycles. The van der Waals surface area contributed by atoms with E-state index < -0.39 is 0 Å². The number of H-pyrrole nitrogens is 1. The zero-order chi connectivity index (χ0) is 19.9. The van der Waals surface area contributed by atoms with E-state index in [9.17, 15) is 9.18 Å².